The minimum absolute atomic E-state index is 0.00735. The Bertz CT molecular complexity index is 646. The smallest absolute Gasteiger partial charge is 0.251 e. The van der Waals surface area contributed by atoms with Gasteiger partial charge in [-0.3, -0.25) is 4.79 Å². The first-order valence-electron chi connectivity index (χ1n) is 8.26. The Morgan fingerprint density at radius 3 is 2.43 bits per heavy atom. The van der Waals surface area contributed by atoms with E-state index in [1.54, 1.807) is 13.2 Å². The lowest BCUT2D eigenvalue weighted by Gasteiger charge is -2.29. The molecule has 0 saturated heterocycles. The number of benzene rings is 2. The third-order valence-electron chi connectivity index (χ3n) is 4.67. The van der Waals surface area contributed by atoms with Gasteiger partial charge in [-0.05, 0) is 55.4 Å². The van der Waals surface area contributed by atoms with Crippen molar-refractivity contribution in [2.45, 2.75) is 37.6 Å². The van der Waals surface area contributed by atoms with Gasteiger partial charge in [-0.2, -0.15) is 0 Å². The summed E-state index contributed by atoms with van der Waals surface area (Å²) < 4.78 is 5.18. The van der Waals surface area contributed by atoms with Crippen LogP contribution in [0.1, 0.15) is 47.5 Å². The largest absolute Gasteiger partial charge is 0.497 e. The van der Waals surface area contributed by atoms with E-state index >= 15 is 0 Å². The third kappa shape index (κ3) is 3.92. The van der Waals surface area contributed by atoms with Crippen LogP contribution in [0.15, 0.2) is 54.6 Å². The lowest BCUT2D eigenvalue weighted by molar-refractivity contribution is 0.0925. The first kappa shape index (κ1) is 15.6. The van der Waals surface area contributed by atoms with Gasteiger partial charge in [0.1, 0.15) is 5.75 Å². The predicted octanol–water partition coefficient (Wildman–Crippen LogP) is 4.15. The summed E-state index contributed by atoms with van der Waals surface area (Å²) in [5.74, 6) is 1.33. The van der Waals surface area contributed by atoms with Gasteiger partial charge in [0.05, 0.1) is 7.11 Å². The molecule has 0 atom stereocenters. The maximum atomic E-state index is 12.4. The van der Waals surface area contributed by atoms with Crippen molar-refractivity contribution in [1.82, 2.24) is 5.32 Å². The Hall–Kier alpha value is -2.29. The van der Waals surface area contributed by atoms with Gasteiger partial charge in [0.2, 0.25) is 0 Å². The second-order valence-corrected chi connectivity index (χ2v) is 6.16. The Morgan fingerprint density at radius 1 is 1.00 bits per heavy atom. The number of nitrogens with one attached hydrogen (secondary N) is 1. The Kier molecular flexibility index (Phi) is 4.96. The number of hydrogen-bond donors (Lipinski definition) is 1. The highest BCUT2D eigenvalue weighted by atomic mass is 16.5. The van der Waals surface area contributed by atoms with Crippen LogP contribution in [0.25, 0.3) is 0 Å². The van der Waals surface area contributed by atoms with E-state index in [1.807, 2.05) is 18.2 Å². The summed E-state index contributed by atoms with van der Waals surface area (Å²) in [6.07, 6.45) is 4.34. The summed E-state index contributed by atoms with van der Waals surface area (Å²) >= 11 is 0. The van der Waals surface area contributed by atoms with E-state index in [1.165, 1.54) is 5.56 Å². The number of amides is 1. The zero-order valence-electron chi connectivity index (χ0n) is 13.5. The molecule has 0 bridgehead atoms. The SMILES string of the molecule is COc1cccc(C(=O)NC2CCC(c3ccccc3)CC2)c1. The second kappa shape index (κ2) is 7.32. The average molecular weight is 309 g/mol. The number of carbonyl (C=O) groups is 1. The topological polar surface area (TPSA) is 38.3 Å². The van der Waals surface area contributed by atoms with Crippen LogP contribution in [0.4, 0.5) is 0 Å². The summed E-state index contributed by atoms with van der Waals surface area (Å²) in [7, 11) is 1.61. The fourth-order valence-electron chi connectivity index (χ4n) is 3.33. The molecule has 120 valence electrons. The van der Waals surface area contributed by atoms with Crippen LogP contribution in [0.2, 0.25) is 0 Å². The molecular weight excluding hydrogens is 286 g/mol. The van der Waals surface area contributed by atoms with Gasteiger partial charge in [0.15, 0.2) is 0 Å². The Morgan fingerprint density at radius 2 is 1.74 bits per heavy atom. The van der Waals surface area contributed by atoms with Crippen LogP contribution >= 0.6 is 0 Å². The first-order valence-corrected chi connectivity index (χ1v) is 8.26. The van der Waals surface area contributed by atoms with E-state index in [0.717, 1.165) is 25.7 Å². The van der Waals surface area contributed by atoms with E-state index in [9.17, 15) is 4.79 Å². The molecule has 0 aromatic heterocycles. The zero-order valence-corrected chi connectivity index (χ0v) is 13.5. The van der Waals surface area contributed by atoms with Crippen LogP contribution in [0, 0.1) is 0 Å². The number of ether oxygens (including phenoxy) is 1. The first-order chi connectivity index (χ1) is 11.3. The molecule has 0 spiro atoms. The average Bonchev–Trinajstić information content (AvgIpc) is 2.63. The highest BCUT2D eigenvalue weighted by Gasteiger charge is 2.23. The highest BCUT2D eigenvalue weighted by molar-refractivity contribution is 5.94. The summed E-state index contributed by atoms with van der Waals surface area (Å²) in [6, 6.07) is 18.3. The third-order valence-corrected chi connectivity index (χ3v) is 4.67. The van der Waals surface area contributed by atoms with Gasteiger partial charge in [-0.25, -0.2) is 0 Å². The van der Waals surface area contributed by atoms with Crippen LogP contribution in [-0.4, -0.2) is 19.1 Å². The number of methoxy groups -OCH3 is 1. The van der Waals surface area contributed by atoms with Crippen LogP contribution < -0.4 is 10.1 Å². The van der Waals surface area contributed by atoms with Crippen LogP contribution in [0.5, 0.6) is 5.75 Å². The van der Waals surface area contributed by atoms with Crippen LogP contribution in [0.3, 0.4) is 0 Å². The van der Waals surface area contributed by atoms with Crippen molar-refractivity contribution in [3.05, 3.63) is 65.7 Å². The predicted molar refractivity (Wildman–Crippen MR) is 91.9 cm³/mol. The Labute approximate surface area is 137 Å². The maximum absolute atomic E-state index is 12.4. The molecule has 1 aliphatic carbocycles. The van der Waals surface area contributed by atoms with Gasteiger partial charge < -0.3 is 10.1 Å². The van der Waals surface area contributed by atoms with E-state index < -0.39 is 0 Å². The van der Waals surface area contributed by atoms with E-state index in [0.29, 0.717) is 17.2 Å². The molecule has 1 aliphatic rings. The summed E-state index contributed by atoms with van der Waals surface area (Å²) in [4.78, 5) is 12.4. The normalized spacial score (nSPS) is 20.7. The lowest BCUT2D eigenvalue weighted by atomic mass is 9.82. The summed E-state index contributed by atoms with van der Waals surface area (Å²) in [5.41, 5.74) is 2.08. The molecule has 2 aromatic rings. The quantitative estimate of drug-likeness (QED) is 0.921. The standard InChI is InChI=1S/C20H23NO2/c1-23-19-9-5-8-17(14-19)20(22)21-18-12-10-16(11-13-18)15-6-3-2-4-7-15/h2-9,14,16,18H,10-13H2,1H3,(H,21,22). The molecule has 1 N–H and O–H groups in total. The molecule has 2 aromatic carbocycles. The molecule has 0 aliphatic heterocycles. The van der Waals surface area contributed by atoms with Crippen molar-refractivity contribution in [2.24, 2.45) is 0 Å². The fourth-order valence-corrected chi connectivity index (χ4v) is 3.33. The molecule has 23 heavy (non-hydrogen) atoms. The van der Waals surface area contributed by atoms with Gasteiger partial charge in [0, 0.05) is 11.6 Å². The van der Waals surface area contributed by atoms with Crippen molar-refractivity contribution in [2.75, 3.05) is 7.11 Å². The molecule has 1 saturated carbocycles. The van der Waals surface area contributed by atoms with E-state index in [4.69, 9.17) is 4.74 Å². The number of hydrogen-bond acceptors (Lipinski definition) is 2. The highest BCUT2D eigenvalue weighted by Crippen LogP contribution is 2.32. The summed E-state index contributed by atoms with van der Waals surface area (Å²) in [6.45, 7) is 0. The van der Waals surface area contributed by atoms with Crippen molar-refractivity contribution in [1.29, 1.82) is 0 Å². The second-order valence-electron chi connectivity index (χ2n) is 6.16. The van der Waals surface area contributed by atoms with Crippen molar-refractivity contribution in [3.8, 4) is 5.75 Å². The van der Waals surface area contributed by atoms with E-state index in [-0.39, 0.29) is 11.9 Å². The van der Waals surface area contributed by atoms with Crippen molar-refractivity contribution >= 4 is 5.91 Å². The zero-order chi connectivity index (χ0) is 16.1. The molecule has 0 heterocycles. The molecule has 0 radical (unpaired) electrons. The summed E-state index contributed by atoms with van der Waals surface area (Å²) in [5, 5.41) is 3.16. The molecule has 1 amide bonds. The molecule has 0 unspecified atom stereocenters. The minimum atomic E-state index is -0.00735. The number of rotatable bonds is 4. The van der Waals surface area contributed by atoms with Gasteiger partial charge >= 0.3 is 0 Å². The molecule has 3 nitrogen and oxygen atoms in total. The van der Waals surface area contributed by atoms with Crippen molar-refractivity contribution in [3.63, 3.8) is 0 Å². The molecule has 3 rings (SSSR count). The lowest BCUT2D eigenvalue weighted by Crippen LogP contribution is -2.37. The Balaban J connectivity index is 1.55. The monoisotopic (exact) mass is 309 g/mol. The maximum Gasteiger partial charge on any atom is 0.251 e. The molecule has 3 heteroatoms. The number of carbonyl (C=O) groups excluding carboxylic acids is 1. The van der Waals surface area contributed by atoms with Gasteiger partial charge in [-0.15, -0.1) is 0 Å². The molecular formula is C20H23NO2. The van der Waals surface area contributed by atoms with Gasteiger partial charge in [0.25, 0.3) is 5.91 Å². The minimum Gasteiger partial charge on any atom is -0.497 e. The molecule has 1 fully saturated rings. The van der Waals surface area contributed by atoms with Crippen LogP contribution in [-0.2, 0) is 0 Å². The fraction of sp³-hybridized carbons (Fsp3) is 0.350. The van der Waals surface area contributed by atoms with Crippen molar-refractivity contribution < 1.29 is 9.53 Å². The van der Waals surface area contributed by atoms with Gasteiger partial charge in [-0.1, -0.05) is 36.4 Å². The van der Waals surface area contributed by atoms with E-state index in [2.05, 4.69) is 35.6 Å².